The van der Waals surface area contributed by atoms with Crippen LogP contribution in [0.5, 0.6) is 0 Å². The van der Waals surface area contributed by atoms with E-state index in [-0.39, 0.29) is 12.4 Å². The number of benzene rings is 2. The lowest BCUT2D eigenvalue weighted by atomic mass is 9.95. The predicted octanol–water partition coefficient (Wildman–Crippen LogP) is 3.59. The third-order valence-electron chi connectivity index (χ3n) is 4.89. The number of hydrogen-bond acceptors (Lipinski definition) is 7. The van der Waals surface area contributed by atoms with Crippen LogP contribution < -0.4 is 10.6 Å². The molecule has 1 unspecified atom stereocenters. The molecule has 33 heavy (non-hydrogen) atoms. The topological polar surface area (TPSA) is 111 Å². The van der Waals surface area contributed by atoms with Crippen molar-refractivity contribution < 1.29 is 14.3 Å². The summed E-state index contributed by atoms with van der Waals surface area (Å²) in [6.45, 7) is 3.92. The first-order valence-electron chi connectivity index (χ1n) is 10.2. The van der Waals surface area contributed by atoms with Gasteiger partial charge in [-0.3, -0.25) is 0 Å². The minimum absolute atomic E-state index is 0.204. The Morgan fingerprint density at radius 1 is 1.24 bits per heavy atom. The molecule has 0 saturated heterocycles. The van der Waals surface area contributed by atoms with Crippen LogP contribution in [-0.4, -0.2) is 44.6 Å². The predicted molar refractivity (Wildman–Crippen MR) is 124 cm³/mol. The van der Waals surface area contributed by atoms with E-state index in [1.54, 1.807) is 35.9 Å². The van der Waals surface area contributed by atoms with Crippen molar-refractivity contribution in [1.29, 1.82) is 0 Å². The summed E-state index contributed by atoms with van der Waals surface area (Å²) in [5.74, 6) is -0.267. The molecule has 9 nitrogen and oxygen atoms in total. The van der Waals surface area contributed by atoms with Crippen molar-refractivity contribution >= 4 is 35.4 Å². The largest absolute Gasteiger partial charge is 0.463 e. The molecule has 3 aromatic rings. The number of hydrogen-bond donors (Lipinski definition) is 2. The Labute approximate surface area is 199 Å². The van der Waals surface area contributed by atoms with Crippen LogP contribution in [0.1, 0.15) is 24.1 Å². The quantitative estimate of drug-likeness (QED) is 0.389. The molecule has 0 aliphatic carbocycles. The van der Waals surface area contributed by atoms with Crippen LogP contribution in [0.15, 0.2) is 65.0 Å². The number of amides is 2. The van der Waals surface area contributed by atoms with Gasteiger partial charge in [-0.15, -0.1) is 5.10 Å². The van der Waals surface area contributed by atoms with E-state index < -0.39 is 18.0 Å². The highest BCUT2D eigenvalue weighted by Gasteiger charge is 2.34. The third-order valence-corrected chi connectivity index (χ3v) is 6.08. The summed E-state index contributed by atoms with van der Waals surface area (Å²) >= 11 is 7.31. The maximum absolute atomic E-state index is 12.9. The molecule has 0 saturated carbocycles. The second-order valence-corrected chi connectivity index (χ2v) is 8.58. The molecule has 1 atom stereocenters. The number of aryl methyl sites for hydroxylation is 1. The van der Waals surface area contributed by atoms with Gasteiger partial charge in [0.25, 0.3) is 0 Å². The normalized spacial score (nSPS) is 15.7. The van der Waals surface area contributed by atoms with Crippen LogP contribution in [0.2, 0.25) is 5.02 Å². The van der Waals surface area contributed by atoms with E-state index in [0.29, 0.717) is 27.0 Å². The zero-order chi connectivity index (χ0) is 23.4. The zero-order valence-electron chi connectivity index (χ0n) is 17.9. The van der Waals surface area contributed by atoms with Gasteiger partial charge in [-0.2, -0.15) is 4.68 Å². The molecular weight excluding hydrogens is 464 g/mol. The van der Waals surface area contributed by atoms with Crippen LogP contribution in [-0.2, 0) is 9.53 Å². The number of rotatable bonds is 7. The molecule has 2 heterocycles. The van der Waals surface area contributed by atoms with Gasteiger partial charge >= 0.3 is 12.0 Å². The molecule has 1 aliphatic rings. The molecule has 1 aromatic heterocycles. The first kappa shape index (κ1) is 22.8. The number of esters is 1. The summed E-state index contributed by atoms with van der Waals surface area (Å²) in [5.41, 5.74) is 3.35. The van der Waals surface area contributed by atoms with Crippen molar-refractivity contribution in [2.45, 2.75) is 25.0 Å². The van der Waals surface area contributed by atoms with Crippen molar-refractivity contribution in [2.24, 2.45) is 0 Å². The summed E-state index contributed by atoms with van der Waals surface area (Å²) in [5, 5.41) is 18.6. The highest BCUT2D eigenvalue weighted by atomic mass is 35.5. The first-order chi connectivity index (χ1) is 16.0. The van der Waals surface area contributed by atoms with Gasteiger partial charge in [0.2, 0.25) is 5.16 Å². The molecule has 170 valence electrons. The fourth-order valence-electron chi connectivity index (χ4n) is 3.41. The molecule has 2 aromatic carbocycles. The summed E-state index contributed by atoms with van der Waals surface area (Å²) in [6, 6.07) is 13.6. The Morgan fingerprint density at radius 3 is 2.76 bits per heavy atom. The first-order valence-corrected chi connectivity index (χ1v) is 11.5. The molecule has 4 rings (SSSR count). The highest BCUT2D eigenvalue weighted by Crippen LogP contribution is 2.31. The van der Waals surface area contributed by atoms with E-state index in [2.05, 4.69) is 26.2 Å². The smallest absolute Gasteiger partial charge is 0.338 e. The number of carbonyl (C=O) groups excluding carboxylic acids is 2. The average Bonchev–Trinajstić information content (AvgIpc) is 3.26. The monoisotopic (exact) mass is 484 g/mol. The van der Waals surface area contributed by atoms with Gasteiger partial charge < -0.3 is 15.4 Å². The number of halogens is 1. The van der Waals surface area contributed by atoms with Crippen LogP contribution >= 0.6 is 23.4 Å². The molecule has 0 bridgehead atoms. The Hall–Kier alpha value is -3.37. The van der Waals surface area contributed by atoms with E-state index >= 15 is 0 Å². The van der Waals surface area contributed by atoms with Gasteiger partial charge in [-0.25, -0.2) is 9.59 Å². The van der Waals surface area contributed by atoms with E-state index in [0.717, 1.165) is 11.3 Å². The Bertz CT molecular complexity index is 1210. The van der Waals surface area contributed by atoms with E-state index in [1.807, 2.05) is 31.2 Å². The van der Waals surface area contributed by atoms with Crippen LogP contribution in [0.25, 0.3) is 5.69 Å². The summed E-state index contributed by atoms with van der Waals surface area (Å²) in [6.07, 6.45) is 0. The number of tetrazole rings is 1. The van der Waals surface area contributed by atoms with Gasteiger partial charge in [0.05, 0.1) is 23.9 Å². The Balaban J connectivity index is 1.67. The number of carbonyl (C=O) groups is 2. The second-order valence-electron chi connectivity index (χ2n) is 7.20. The van der Waals surface area contributed by atoms with Gasteiger partial charge in [0.1, 0.15) is 0 Å². The van der Waals surface area contributed by atoms with E-state index in [9.17, 15) is 9.59 Å². The van der Waals surface area contributed by atoms with Crippen molar-refractivity contribution in [3.8, 4) is 5.69 Å². The number of aromatic nitrogens is 4. The fraction of sp³-hybridized carbons (Fsp3) is 0.227. The molecular formula is C22H21ClN6O3S. The summed E-state index contributed by atoms with van der Waals surface area (Å²) in [7, 11) is 0. The maximum Gasteiger partial charge on any atom is 0.338 e. The SMILES string of the molecule is CCOC(=O)C1=C(CSc2nnnn2-c2cccc(C)c2)NC(=O)NC1c1ccc(Cl)cc1. The third kappa shape index (κ3) is 5.18. The minimum Gasteiger partial charge on any atom is -0.463 e. The lowest BCUT2D eigenvalue weighted by Gasteiger charge is -2.29. The minimum atomic E-state index is -0.682. The van der Waals surface area contributed by atoms with Crippen LogP contribution in [0.4, 0.5) is 4.79 Å². The molecule has 0 fully saturated rings. The van der Waals surface area contributed by atoms with Crippen LogP contribution in [0, 0.1) is 6.92 Å². The summed E-state index contributed by atoms with van der Waals surface area (Å²) in [4.78, 5) is 25.3. The summed E-state index contributed by atoms with van der Waals surface area (Å²) < 4.78 is 6.91. The Morgan fingerprint density at radius 2 is 2.03 bits per heavy atom. The second kappa shape index (κ2) is 10.1. The number of nitrogens with zero attached hydrogens (tertiary/aromatic N) is 4. The Kier molecular flexibility index (Phi) is 6.95. The van der Waals surface area contributed by atoms with Crippen LogP contribution in [0.3, 0.4) is 0 Å². The number of nitrogens with one attached hydrogen (secondary N) is 2. The molecule has 1 aliphatic heterocycles. The number of thioether (sulfide) groups is 1. The maximum atomic E-state index is 12.9. The average molecular weight is 485 g/mol. The molecule has 11 heteroatoms. The molecule has 2 N–H and O–H groups in total. The number of ether oxygens (including phenoxy) is 1. The van der Waals surface area contributed by atoms with Gasteiger partial charge in [-0.05, 0) is 59.7 Å². The lowest BCUT2D eigenvalue weighted by molar-refractivity contribution is -0.139. The zero-order valence-corrected chi connectivity index (χ0v) is 19.5. The van der Waals surface area contributed by atoms with Gasteiger partial charge in [0, 0.05) is 16.5 Å². The van der Waals surface area contributed by atoms with E-state index in [4.69, 9.17) is 16.3 Å². The van der Waals surface area contributed by atoms with Gasteiger partial charge in [-0.1, -0.05) is 47.6 Å². The molecule has 0 radical (unpaired) electrons. The van der Waals surface area contributed by atoms with Crippen molar-refractivity contribution in [3.63, 3.8) is 0 Å². The van der Waals surface area contributed by atoms with Crippen molar-refractivity contribution in [3.05, 3.63) is 76.0 Å². The standard InChI is InChI=1S/C22H21ClN6O3S/c1-3-32-20(30)18-17(24-21(31)25-19(18)14-7-9-15(23)10-8-14)12-33-22-26-27-28-29(22)16-6-4-5-13(2)11-16/h4-11,19H,3,12H2,1-2H3,(H2,24,25,31). The lowest BCUT2D eigenvalue weighted by Crippen LogP contribution is -2.46. The number of urea groups is 1. The molecule has 2 amide bonds. The molecule has 0 spiro atoms. The van der Waals surface area contributed by atoms with Crippen molar-refractivity contribution in [2.75, 3.05) is 12.4 Å². The van der Waals surface area contributed by atoms with E-state index in [1.165, 1.54) is 11.8 Å². The fourth-order valence-corrected chi connectivity index (χ4v) is 4.40. The van der Waals surface area contributed by atoms with Gasteiger partial charge in [0.15, 0.2) is 0 Å². The highest BCUT2D eigenvalue weighted by molar-refractivity contribution is 7.99. The van der Waals surface area contributed by atoms with Crippen molar-refractivity contribution in [1.82, 2.24) is 30.8 Å².